The molecule has 0 saturated heterocycles. The van der Waals surface area contributed by atoms with Crippen molar-refractivity contribution in [3.63, 3.8) is 0 Å². The van der Waals surface area contributed by atoms with Crippen LogP contribution in [0.2, 0.25) is 0 Å². The number of aliphatic carboxylic acids is 3. The summed E-state index contributed by atoms with van der Waals surface area (Å²) in [6.07, 6.45) is 0.907. The van der Waals surface area contributed by atoms with Gasteiger partial charge in [-0.2, -0.15) is 0 Å². The topological polar surface area (TPSA) is 161 Å². The molecule has 1 aromatic heterocycles. The fraction of sp³-hybridized carbons (Fsp3) is 0.600. The smallest absolute Gasteiger partial charge is 0.320 e. The molecule has 0 aromatic carbocycles. The number of pyridine rings is 1. The maximum Gasteiger partial charge on any atom is 0.320 e. The number of carboxylic acid groups (broad SMARTS) is 3. The van der Waals surface area contributed by atoms with E-state index in [1.807, 2.05) is 6.07 Å². The van der Waals surface area contributed by atoms with Crippen LogP contribution in [-0.2, 0) is 27.5 Å². The summed E-state index contributed by atoms with van der Waals surface area (Å²) in [6.45, 7) is 1.92. The summed E-state index contributed by atoms with van der Waals surface area (Å²) < 4.78 is 0. The molecule has 11 nitrogen and oxygen atoms in total. The first-order valence-electron chi connectivity index (χ1n) is 10.3. The summed E-state index contributed by atoms with van der Waals surface area (Å²) in [4.78, 5) is 44.4. The number of carboxylic acids is 3. The zero-order valence-electron chi connectivity index (χ0n) is 17.9. The van der Waals surface area contributed by atoms with Gasteiger partial charge in [0.2, 0.25) is 0 Å². The zero-order valence-corrected chi connectivity index (χ0v) is 20.1. The van der Waals surface area contributed by atoms with Gasteiger partial charge in [-0.3, -0.25) is 34.1 Å². The second kappa shape index (κ2) is 14.8. The van der Waals surface area contributed by atoms with E-state index in [1.165, 1.54) is 0 Å². The van der Waals surface area contributed by atoms with Gasteiger partial charge in [-0.05, 0) is 31.5 Å². The number of carbonyl (C=O) groups is 3. The Balaban J connectivity index is 0.00000512. The van der Waals surface area contributed by atoms with Gasteiger partial charge < -0.3 is 21.1 Å². The van der Waals surface area contributed by atoms with Crippen LogP contribution < -0.4 is 5.73 Å². The molecular formula is C20H31GdN5O6. The molecule has 0 aliphatic carbocycles. The van der Waals surface area contributed by atoms with E-state index in [4.69, 9.17) is 5.73 Å². The maximum absolute atomic E-state index is 11.9. The summed E-state index contributed by atoms with van der Waals surface area (Å²) in [6, 6.07) is 4.64. The molecule has 2 heterocycles. The Labute approximate surface area is 219 Å². The largest absolute Gasteiger partial charge is 0.480 e. The third-order valence-electron chi connectivity index (χ3n) is 5.17. The molecule has 1 aromatic rings. The van der Waals surface area contributed by atoms with Gasteiger partial charge in [0.15, 0.2) is 0 Å². The molecule has 1 unspecified atom stereocenters. The first-order chi connectivity index (χ1) is 14.8. The van der Waals surface area contributed by atoms with E-state index in [0.717, 1.165) is 0 Å². The maximum atomic E-state index is 11.9. The van der Waals surface area contributed by atoms with Gasteiger partial charge in [0.25, 0.3) is 0 Å². The van der Waals surface area contributed by atoms with E-state index in [2.05, 4.69) is 4.98 Å². The average Bonchev–Trinajstić information content (AvgIpc) is 2.67. The van der Waals surface area contributed by atoms with Crippen molar-refractivity contribution in [2.24, 2.45) is 5.73 Å². The SMILES string of the molecule is NCCCC(C(=O)O)N1CCN(CC(=O)O)Cc2cccc(n2)CN(CC(=O)O)CC1.[Gd]. The molecule has 0 spiro atoms. The van der Waals surface area contributed by atoms with Crippen LogP contribution in [0.4, 0.5) is 0 Å². The molecule has 5 N–H and O–H groups in total. The number of nitrogens with zero attached hydrogens (tertiary/aromatic N) is 4. The number of hydrogen-bond acceptors (Lipinski definition) is 8. The Morgan fingerprint density at radius 2 is 1.44 bits per heavy atom. The monoisotopic (exact) mass is 595 g/mol. The molecule has 12 heteroatoms. The number of aromatic nitrogens is 1. The van der Waals surface area contributed by atoms with Gasteiger partial charge >= 0.3 is 17.9 Å². The number of hydrogen-bond donors (Lipinski definition) is 4. The van der Waals surface area contributed by atoms with Crippen LogP contribution >= 0.6 is 0 Å². The van der Waals surface area contributed by atoms with Crippen molar-refractivity contribution < 1.29 is 69.6 Å². The molecule has 1 aliphatic rings. The van der Waals surface area contributed by atoms with Crippen molar-refractivity contribution in [1.82, 2.24) is 19.7 Å². The minimum Gasteiger partial charge on any atom is -0.480 e. The van der Waals surface area contributed by atoms with Crippen molar-refractivity contribution in [2.75, 3.05) is 45.8 Å². The second-order valence-corrected chi connectivity index (χ2v) is 7.65. The van der Waals surface area contributed by atoms with Crippen molar-refractivity contribution in [1.29, 1.82) is 0 Å². The summed E-state index contributed by atoms with van der Waals surface area (Å²) in [7, 11) is 0. The van der Waals surface area contributed by atoms with Crippen LogP contribution in [0, 0.1) is 39.9 Å². The number of nitrogens with two attached hydrogens (primary N) is 1. The summed E-state index contributed by atoms with van der Waals surface area (Å²) in [5, 5.41) is 28.3. The van der Waals surface area contributed by atoms with E-state index in [-0.39, 0.29) is 53.0 Å². The van der Waals surface area contributed by atoms with Gasteiger partial charge in [-0.25, -0.2) is 0 Å². The second-order valence-electron chi connectivity index (χ2n) is 7.65. The molecular weight excluding hydrogens is 563 g/mol. The van der Waals surface area contributed by atoms with Crippen molar-refractivity contribution >= 4 is 17.9 Å². The van der Waals surface area contributed by atoms with Crippen molar-refractivity contribution in [2.45, 2.75) is 32.0 Å². The van der Waals surface area contributed by atoms with E-state index < -0.39 is 23.9 Å². The van der Waals surface area contributed by atoms with Crippen LogP contribution in [0.3, 0.4) is 0 Å². The van der Waals surface area contributed by atoms with Crippen LogP contribution in [0.25, 0.3) is 0 Å². The van der Waals surface area contributed by atoms with Crippen LogP contribution in [0.5, 0.6) is 0 Å². The molecule has 0 fully saturated rings. The summed E-state index contributed by atoms with van der Waals surface area (Å²) in [5.74, 6) is -2.91. The molecule has 1 aliphatic heterocycles. The van der Waals surface area contributed by atoms with Crippen molar-refractivity contribution in [3.8, 4) is 0 Å². The predicted octanol–water partition coefficient (Wildman–Crippen LogP) is -0.637. The van der Waals surface area contributed by atoms with Gasteiger partial charge in [0, 0.05) is 79.2 Å². The third-order valence-corrected chi connectivity index (χ3v) is 5.17. The predicted molar refractivity (Wildman–Crippen MR) is 111 cm³/mol. The Kier molecular flexibility index (Phi) is 13.3. The molecule has 180 valence electrons. The summed E-state index contributed by atoms with van der Waals surface area (Å²) >= 11 is 0. The van der Waals surface area contributed by atoms with Crippen LogP contribution in [-0.4, -0.2) is 105 Å². The van der Waals surface area contributed by atoms with Gasteiger partial charge in [0.05, 0.1) is 24.5 Å². The van der Waals surface area contributed by atoms with E-state index in [0.29, 0.717) is 70.0 Å². The number of rotatable bonds is 9. The van der Waals surface area contributed by atoms with Gasteiger partial charge in [0.1, 0.15) is 6.04 Å². The molecule has 0 radical (unpaired) electrons. The standard InChI is InChI=1S/C20H31N5O6.Gd/c21-6-2-5-17(20(30)31)25-9-7-23(13-18(26)27)11-15-3-1-4-16(22-15)12-24(8-10-25)14-19(28)29;/h1,3-4,17H,2,5-14,21H2,(H,26,27)(H,28,29)(H,30,31);. The van der Waals surface area contributed by atoms with Gasteiger partial charge in [-0.1, -0.05) is 6.07 Å². The molecule has 32 heavy (non-hydrogen) atoms. The average molecular weight is 595 g/mol. The number of fused-ring (bicyclic) bond motifs is 2. The normalized spacial score (nSPS) is 17.4. The minimum atomic E-state index is -0.972. The van der Waals surface area contributed by atoms with Crippen LogP contribution in [0.15, 0.2) is 18.2 Å². The fourth-order valence-corrected chi connectivity index (χ4v) is 3.71. The molecule has 0 amide bonds. The minimum absolute atomic E-state index is 0. The van der Waals surface area contributed by atoms with E-state index >= 15 is 0 Å². The molecule has 2 bridgehead atoms. The van der Waals surface area contributed by atoms with Crippen LogP contribution in [0.1, 0.15) is 24.2 Å². The quantitative estimate of drug-likeness (QED) is 0.288. The first kappa shape index (κ1) is 28.8. The van der Waals surface area contributed by atoms with E-state index in [9.17, 15) is 29.7 Å². The van der Waals surface area contributed by atoms with Gasteiger partial charge in [-0.15, -0.1) is 0 Å². The summed E-state index contributed by atoms with van der Waals surface area (Å²) in [5.41, 5.74) is 6.93. The Morgan fingerprint density at radius 1 is 0.938 bits per heavy atom. The Bertz CT molecular complexity index is 723. The zero-order chi connectivity index (χ0) is 22.8. The Morgan fingerprint density at radius 3 is 1.84 bits per heavy atom. The fourth-order valence-electron chi connectivity index (χ4n) is 3.71. The molecule has 1 atom stereocenters. The molecule has 2 rings (SSSR count). The molecule has 0 saturated carbocycles. The Hall–Kier alpha value is -1.28. The van der Waals surface area contributed by atoms with E-state index in [1.54, 1.807) is 26.8 Å². The van der Waals surface area contributed by atoms with Crippen molar-refractivity contribution in [3.05, 3.63) is 29.6 Å². The first-order valence-corrected chi connectivity index (χ1v) is 10.3. The third kappa shape index (κ3) is 10.1.